The number of likely N-dealkylation sites (tertiary alicyclic amines) is 2. The average molecular weight is 296 g/mol. The second kappa shape index (κ2) is 9.12. The molecule has 2 fully saturated rings. The van der Waals surface area contributed by atoms with Crippen LogP contribution in [0.1, 0.15) is 52.4 Å². The number of nitrogens with two attached hydrogens (primary N) is 1. The van der Waals surface area contributed by atoms with E-state index in [1.54, 1.807) is 0 Å². The van der Waals surface area contributed by atoms with Gasteiger partial charge in [0.15, 0.2) is 0 Å². The number of hydrogen-bond acceptors (Lipinski definition) is 3. The monoisotopic (exact) mass is 295 g/mol. The molecule has 0 radical (unpaired) electrons. The summed E-state index contributed by atoms with van der Waals surface area (Å²) in [5.74, 6) is 2.47. The molecule has 2 rings (SSSR count). The van der Waals surface area contributed by atoms with E-state index < -0.39 is 0 Å². The zero-order valence-corrected chi connectivity index (χ0v) is 14.4. The predicted octanol–water partition coefficient (Wildman–Crippen LogP) is 2.81. The molecule has 0 amide bonds. The first-order valence-corrected chi connectivity index (χ1v) is 9.32. The van der Waals surface area contributed by atoms with Gasteiger partial charge in [-0.05, 0) is 95.5 Å². The van der Waals surface area contributed by atoms with Gasteiger partial charge in [0.2, 0.25) is 0 Å². The molecule has 0 spiro atoms. The van der Waals surface area contributed by atoms with Crippen LogP contribution in [-0.4, -0.2) is 55.6 Å². The van der Waals surface area contributed by atoms with Crippen molar-refractivity contribution in [2.75, 3.05) is 45.8 Å². The predicted molar refractivity (Wildman–Crippen MR) is 91.5 cm³/mol. The van der Waals surface area contributed by atoms with Crippen LogP contribution in [0.3, 0.4) is 0 Å². The molecule has 2 aliphatic heterocycles. The molecule has 0 aliphatic carbocycles. The molecule has 0 bridgehead atoms. The molecule has 3 heteroatoms. The van der Waals surface area contributed by atoms with Crippen molar-refractivity contribution in [2.45, 2.75) is 52.4 Å². The van der Waals surface area contributed by atoms with Crippen molar-refractivity contribution in [3.8, 4) is 0 Å². The highest BCUT2D eigenvalue weighted by molar-refractivity contribution is 4.78. The third-order valence-corrected chi connectivity index (χ3v) is 5.41. The number of hydrogen-bond donors (Lipinski definition) is 1. The van der Waals surface area contributed by atoms with Crippen LogP contribution in [0.25, 0.3) is 0 Å². The van der Waals surface area contributed by atoms with Crippen molar-refractivity contribution in [3.63, 3.8) is 0 Å². The fourth-order valence-corrected chi connectivity index (χ4v) is 4.09. The van der Waals surface area contributed by atoms with Crippen LogP contribution in [0.4, 0.5) is 0 Å². The van der Waals surface area contributed by atoms with Crippen LogP contribution in [0.15, 0.2) is 0 Å². The Morgan fingerprint density at radius 3 is 2.24 bits per heavy atom. The van der Waals surface area contributed by atoms with Crippen LogP contribution < -0.4 is 5.73 Å². The lowest BCUT2D eigenvalue weighted by molar-refractivity contribution is 0.146. The Bertz CT molecular complexity index is 266. The molecule has 0 aromatic carbocycles. The van der Waals surface area contributed by atoms with Gasteiger partial charge < -0.3 is 15.5 Å². The van der Waals surface area contributed by atoms with Gasteiger partial charge in [0, 0.05) is 6.54 Å². The molecular weight excluding hydrogens is 258 g/mol. The van der Waals surface area contributed by atoms with Gasteiger partial charge in [-0.2, -0.15) is 0 Å². The van der Waals surface area contributed by atoms with Crippen LogP contribution in [0.2, 0.25) is 0 Å². The van der Waals surface area contributed by atoms with Gasteiger partial charge in [-0.25, -0.2) is 0 Å². The summed E-state index contributed by atoms with van der Waals surface area (Å²) in [7, 11) is 0. The van der Waals surface area contributed by atoms with Gasteiger partial charge in [0.25, 0.3) is 0 Å². The highest BCUT2D eigenvalue weighted by Crippen LogP contribution is 2.22. The second-order valence-corrected chi connectivity index (χ2v) is 7.81. The first-order valence-electron chi connectivity index (χ1n) is 9.32. The Hall–Kier alpha value is -0.120. The largest absolute Gasteiger partial charge is 0.330 e. The minimum atomic E-state index is 0.729. The Kier molecular flexibility index (Phi) is 7.48. The summed E-state index contributed by atoms with van der Waals surface area (Å²) in [5, 5.41) is 0. The maximum absolute atomic E-state index is 5.93. The second-order valence-electron chi connectivity index (χ2n) is 7.81. The first kappa shape index (κ1) is 17.2. The Balaban J connectivity index is 1.59. The molecule has 0 saturated carbocycles. The van der Waals surface area contributed by atoms with Gasteiger partial charge in [0.05, 0.1) is 0 Å². The van der Waals surface area contributed by atoms with Crippen molar-refractivity contribution < 1.29 is 0 Å². The summed E-state index contributed by atoms with van der Waals surface area (Å²) in [6.45, 7) is 13.5. The van der Waals surface area contributed by atoms with Gasteiger partial charge in [-0.15, -0.1) is 0 Å². The van der Waals surface area contributed by atoms with E-state index in [2.05, 4.69) is 23.6 Å². The summed E-state index contributed by atoms with van der Waals surface area (Å²) >= 11 is 0. The van der Waals surface area contributed by atoms with Crippen LogP contribution >= 0.6 is 0 Å². The first-order chi connectivity index (χ1) is 10.2. The van der Waals surface area contributed by atoms with E-state index in [9.17, 15) is 0 Å². The van der Waals surface area contributed by atoms with E-state index in [1.807, 2.05) is 0 Å². The molecular formula is C18H37N3. The van der Waals surface area contributed by atoms with Crippen molar-refractivity contribution >= 4 is 0 Å². The summed E-state index contributed by atoms with van der Waals surface area (Å²) < 4.78 is 0. The van der Waals surface area contributed by atoms with Crippen molar-refractivity contribution in [3.05, 3.63) is 0 Å². The zero-order valence-electron chi connectivity index (χ0n) is 14.4. The lowest BCUT2D eigenvalue weighted by atomic mass is 9.92. The summed E-state index contributed by atoms with van der Waals surface area (Å²) in [4.78, 5) is 5.37. The molecule has 1 unspecified atom stereocenters. The maximum atomic E-state index is 5.93. The van der Waals surface area contributed by atoms with Crippen LogP contribution in [0, 0.1) is 17.8 Å². The fourth-order valence-electron chi connectivity index (χ4n) is 4.09. The Morgan fingerprint density at radius 2 is 1.67 bits per heavy atom. The highest BCUT2D eigenvalue weighted by Gasteiger charge is 2.23. The maximum Gasteiger partial charge on any atom is 0.00106 e. The van der Waals surface area contributed by atoms with E-state index in [-0.39, 0.29) is 0 Å². The van der Waals surface area contributed by atoms with Gasteiger partial charge >= 0.3 is 0 Å². The molecule has 124 valence electrons. The number of nitrogens with zero attached hydrogens (tertiary/aromatic N) is 2. The lowest BCUT2D eigenvalue weighted by Crippen LogP contribution is -2.39. The number of rotatable bonds is 8. The minimum Gasteiger partial charge on any atom is -0.330 e. The molecule has 0 aromatic heterocycles. The molecule has 1 atom stereocenters. The van der Waals surface area contributed by atoms with Crippen LogP contribution in [-0.2, 0) is 0 Å². The Morgan fingerprint density at radius 1 is 1.00 bits per heavy atom. The Labute approximate surface area is 132 Å². The van der Waals surface area contributed by atoms with E-state index in [1.165, 1.54) is 77.8 Å². The topological polar surface area (TPSA) is 32.5 Å². The normalized spacial score (nSPS) is 24.0. The molecule has 3 nitrogen and oxygen atoms in total. The third kappa shape index (κ3) is 6.25. The van der Waals surface area contributed by atoms with E-state index >= 15 is 0 Å². The SMILES string of the molecule is CC(C)CC(CN)CCN1CCC(CN2CCCC2)CC1. The van der Waals surface area contributed by atoms with Crippen molar-refractivity contribution in [2.24, 2.45) is 23.5 Å². The van der Waals surface area contributed by atoms with Gasteiger partial charge in [-0.1, -0.05) is 13.8 Å². The quantitative estimate of drug-likeness (QED) is 0.747. The van der Waals surface area contributed by atoms with Gasteiger partial charge in [-0.3, -0.25) is 0 Å². The highest BCUT2D eigenvalue weighted by atomic mass is 15.2. The number of piperidine rings is 1. The summed E-state index contributed by atoms with van der Waals surface area (Å²) in [5.41, 5.74) is 5.93. The summed E-state index contributed by atoms with van der Waals surface area (Å²) in [6, 6.07) is 0. The van der Waals surface area contributed by atoms with Crippen molar-refractivity contribution in [1.82, 2.24) is 9.80 Å². The van der Waals surface area contributed by atoms with E-state index in [0.717, 1.165) is 24.3 Å². The molecule has 0 aromatic rings. The molecule has 2 heterocycles. The lowest BCUT2D eigenvalue weighted by Gasteiger charge is -2.34. The molecule has 2 saturated heterocycles. The zero-order chi connectivity index (χ0) is 15.1. The molecule has 2 aliphatic rings. The molecule has 21 heavy (non-hydrogen) atoms. The third-order valence-electron chi connectivity index (χ3n) is 5.41. The minimum absolute atomic E-state index is 0.729. The van der Waals surface area contributed by atoms with Crippen molar-refractivity contribution in [1.29, 1.82) is 0 Å². The van der Waals surface area contributed by atoms with Gasteiger partial charge in [0.1, 0.15) is 0 Å². The van der Waals surface area contributed by atoms with E-state index in [4.69, 9.17) is 5.73 Å². The fraction of sp³-hybridized carbons (Fsp3) is 1.00. The summed E-state index contributed by atoms with van der Waals surface area (Å²) in [6.07, 6.45) is 8.26. The molecule has 2 N–H and O–H groups in total. The smallest absolute Gasteiger partial charge is 0.00106 e. The van der Waals surface area contributed by atoms with E-state index in [0.29, 0.717) is 0 Å². The van der Waals surface area contributed by atoms with Crippen LogP contribution in [0.5, 0.6) is 0 Å². The average Bonchev–Trinajstić information content (AvgIpc) is 2.97. The standard InChI is InChI=1S/C18H37N3/c1-16(2)13-18(14-19)7-12-20-10-5-17(6-11-20)15-21-8-3-4-9-21/h16-18H,3-15,19H2,1-2H3.